The van der Waals surface area contributed by atoms with Gasteiger partial charge in [-0.2, -0.15) is 0 Å². The van der Waals surface area contributed by atoms with Crippen LogP contribution in [-0.2, 0) is 0 Å². The lowest BCUT2D eigenvalue weighted by Crippen LogP contribution is -2.35. The third kappa shape index (κ3) is 4.29. The molecule has 0 aliphatic rings. The summed E-state index contributed by atoms with van der Waals surface area (Å²) in [6.45, 7) is 3.94. The van der Waals surface area contributed by atoms with Gasteiger partial charge in [0.25, 0.3) is 0 Å². The van der Waals surface area contributed by atoms with Crippen LogP contribution in [0.2, 0.25) is 10.0 Å². The number of hydrogen-bond acceptors (Lipinski definition) is 1. The van der Waals surface area contributed by atoms with Gasteiger partial charge in [0.15, 0.2) is 0 Å². The zero-order valence-corrected chi connectivity index (χ0v) is 10.7. The molecule has 0 saturated carbocycles. The Kier molecular flexibility index (Phi) is 4.90. The summed E-state index contributed by atoms with van der Waals surface area (Å²) in [7, 11) is 0. The lowest BCUT2D eigenvalue weighted by atomic mass is 10.3. The van der Waals surface area contributed by atoms with Crippen LogP contribution >= 0.6 is 23.2 Å². The van der Waals surface area contributed by atoms with Gasteiger partial charge < -0.3 is 10.6 Å². The Balaban J connectivity index is 2.62. The first kappa shape index (κ1) is 13.1. The minimum absolute atomic E-state index is 0.134. The summed E-state index contributed by atoms with van der Waals surface area (Å²) in [6, 6.07) is 4.77. The van der Waals surface area contributed by atoms with Gasteiger partial charge in [0.05, 0.1) is 0 Å². The lowest BCUT2D eigenvalue weighted by Gasteiger charge is -2.12. The van der Waals surface area contributed by atoms with E-state index in [2.05, 4.69) is 10.6 Å². The molecule has 88 valence electrons. The number of nitrogens with one attached hydrogen (secondary N) is 2. The number of amides is 2. The molecule has 1 aromatic rings. The highest BCUT2D eigenvalue weighted by Gasteiger charge is 2.06. The highest BCUT2D eigenvalue weighted by molar-refractivity contribution is 6.35. The number of benzene rings is 1. The van der Waals surface area contributed by atoms with Crippen LogP contribution in [0.5, 0.6) is 0 Å². The molecule has 5 heteroatoms. The Bertz CT molecular complexity index is 362. The lowest BCUT2D eigenvalue weighted by molar-refractivity contribution is 0.249. The van der Waals surface area contributed by atoms with E-state index in [1.54, 1.807) is 18.2 Å². The molecule has 2 amide bonds. The Hall–Kier alpha value is -0.930. The molecule has 1 rings (SSSR count). The van der Waals surface area contributed by atoms with Crippen molar-refractivity contribution in [2.24, 2.45) is 0 Å². The average Bonchev–Trinajstić information content (AvgIpc) is 2.15. The van der Waals surface area contributed by atoms with Crippen molar-refractivity contribution in [3.05, 3.63) is 28.2 Å². The number of hydrogen-bond donors (Lipinski definition) is 2. The standard InChI is InChI=1S/C11H14Cl2N2O/c1-3-7(2)14-11(16)15-10-5-8(12)4-9(13)6-10/h4-7H,3H2,1-2H3,(H2,14,15,16). The van der Waals surface area contributed by atoms with Gasteiger partial charge in [-0.25, -0.2) is 4.79 Å². The first-order valence-corrected chi connectivity index (χ1v) is 5.80. The van der Waals surface area contributed by atoms with E-state index in [9.17, 15) is 4.79 Å². The van der Waals surface area contributed by atoms with Gasteiger partial charge in [-0.1, -0.05) is 30.1 Å². The second kappa shape index (κ2) is 5.97. The Morgan fingerprint density at radius 3 is 2.38 bits per heavy atom. The van der Waals surface area contributed by atoms with E-state index in [-0.39, 0.29) is 12.1 Å². The number of anilines is 1. The molecule has 0 aliphatic heterocycles. The van der Waals surface area contributed by atoms with Crippen LogP contribution in [0.4, 0.5) is 10.5 Å². The van der Waals surface area contributed by atoms with Crippen LogP contribution in [0.3, 0.4) is 0 Å². The van der Waals surface area contributed by atoms with E-state index >= 15 is 0 Å². The minimum atomic E-state index is -0.257. The summed E-state index contributed by atoms with van der Waals surface area (Å²) in [4.78, 5) is 11.5. The second-order valence-electron chi connectivity index (χ2n) is 3.57. The van der Waals surface area contributed by atoms with Crippen LogP contribution in [0.15, 0.2) is 18.2 Å². The topological polar surface area (TPSA) is 41.1 Å². The Morgan fingerprint density at radius 1 is 1.31 bits per heavy atom. The molecule has 2 N–H and O–H groups in total. The summed E-state index contributed by atoms with van der Waals surface area (Å²) in [6.07, 6.45) is 0.879. The van der Waals surface area contributed by atoms with Gasteiger partial charge in [0.1, 0.15) is 0 Å². The predicted octanol–water partition coefficient (Wildman–Crippen LogP) is 3.91. The third-order valence-electron chi connectivity index (χ3n) is 2.11. The number of carbonyl (C=O) groups is 1. The summed E-state index contributed by atoms with van der Waals surface area (Å²) in [5.74, 6) is 0. The first-order chi connectivity index (χ1) is 7.51. The second-order valence-corrected chi connectivity index (χ2v) is 4.44. The molecular formula is C11H14Cl2N2O. The molecule has 0 radical (unpaired) electrons. The highest BCUT2D eigenvalue weighted by Crippen LogP contribution is 2.22. The van der Waals surface area contributed by atoms with E-state index in [0.717, 1.165) is 6.42 Å². The zero-order valence-electron chi connectivity index (χ0n) is 9.18. The van der Waals surface area contributed by atoms with Gasteiger partial charge in [-0.15, -0.1) is 0 Å². The van der Waals surface area contributed by atoms with E-state index in [1.807, 2.05) is 13.8 Å². The number of urea groups is 1. The maximum absolute atomic E-state index is 11.5. The van der Waals surface area contributed by atoms with Gasteiger partial charge in [-0.3, -0.25) is 0 Å². The summed E-state index contributed by atoms with van der Waals surface area (Å²) in [5.41, 5.74) is 0.582. The van der Waals surface area contributed by atoms with E-state index in [1.165, 1.54) is 0 Å². The molecule has 0 saturated heterocycles. The largest absolute Gasteiger partial charge is 0.335 e. The maximum Gasteiger partial charge on any atom is 0.319 e. The van der Waals surface area contributed by atoms with Gasteiger partial charge >= 0.3 is 6.03 Å². The smallest absolute Gasteiger partial charge is 0.319 e. The molecule has 0 bridgehead atoms. The molecule has 0 aromatic heterocycles. The van der Waals surface area contributed by atoms with E-state index in [4.69, 9.17) is 23.2 Å². The molecule has 0 heterocycles. The van der Waals surface area contributed by atoms with Crippen molar-refractivity contribution in [3.8, 4) is 0 Å². The highest BCUT2D eigenvalue weighted by atomic mass is 35.5. The number of halogens is 2. The fraction of sp³-hybridized carbons (Fsp3) is 0.364. The molecule has 0 spiro atoms. The normalized spacial score (nSPS) is 12.0. The molecule has 1 atom stereocenters. The van der Waals surface area contributed by atoms with Crippen LogP contribution < -0.4 is 10.6 Å². The van der Waals surface area contributed by atoms with Crippen molar-refractivity contribution in [2.75, 3.05) is 5.32 Å². The van der Waals surface area contributed by atoms with Crippen LogP contribution in [0.1, 0.15) is 20.3 Å². The Labute approximate surface area is 105 Å². The van der Waals surface area contributed by atoms with Crippen LogP contribution in [0.25, 0.3) is 0 Å². The van der Waals surface area contributed by atoms with Crippen molar-refractivity contribution in [1.29, 1.82) is 0 Å². The molecule has 16 heavy (non-hydrogen) atoms. The Morgan fingerprint density at radius 2 is 1.88 bits per heavy atom. The van der Waals surface area contributed by atoms with Crippen molar-refractivity contribution in [1.82, 2.24) is 5.32 Å². The number of carbonyl (C=O) groups excluding carboxylic acids is 1. The average molecular weight is 261 g/mol. The quantitative estimate of drug-likeness (QED) is 0.850. The monoisotopic (exact) mass is 260 g/mol. The molecular weight excluding hydrogens is 247 g/mol. The van der Waals surface area contributed by atoms with Crippen molar-refractivity contribution >= 4 is 34.9 Å². The molecule has 1 aromatic carbocycles. The fourth-order valence-electron chi connectivity index (χ4n) is 1.12. The summed E-state index contributed by atoms with van der Waals surface area (Å²) >= 11 is 11.6. The summed E-state index contributed by atoms with van der Waals surface area (Å²) in [5, 5.41) is 6.43. The summed E-state index contributed by atoms with van der Waals surface area (Å²) < 4.78 is 0. The van der Waals surface area contributed by atoms with Gasteiger partial charge in [0, 0.05) is 21.8 Å². The van der Waals surface area contributed by atoms with Crippen molar-refractivity contribution in [2.45, 2.75) is 26.3 Å². The predicted molar refractivity (Wildman–Crippen MR) is 68.4 cm³/mol. The molecule has 1 unspecified atom stereocenters. The van der Waals surface area contributed by atoms with E-state index in [0.29, 0.717) is 15.7 Å². The number of rotatable bonds is 3. The van der Waals surface area contributed by atoms with Gasteiger partial charge in [0.2, 0.25) is 0 Å². The first-order valence-electron chi connectivity index (χ1n) is 5.05. The van der Waals surface area contributed by atoms with Crippen LogP contribution in [0, 0.1) is 0 Å². The van der Waals surface area contributed by atoms with Gasteiger partial charge in [-0.05, 0) is 31.5 Å². The maximum atomic E-state index is 11.5. The van der Waals surface area contributed by atoms with Crippen LogP contribution in [-0.4, -0.2) is 12.1 Å². The molecule has 0 fully saturated rings. The molecule has 3 nitrogen and oxygen atoms in total. The van der Waals surface area contributed by atoms with E-state index < -0.39 is 0 Å². The van der Waals surface area contributed by atoms with Crippen molar-refractivity contribution < 1.29 is 4.79 Å². The molecule has 0 aliphatic carbocycles. The van der Waals surface area contributed by atoms with Crippen molar-refractivity contribution in [3.63, 3.8) is 0 Å². The minimum Gasteiger partial charge on any atom is -0.335 e. The SMILES string of the molecule is CCC(C)NC(=O)Nc1cc(Cl)cc(Cl)c1. The third-order valence-corrected chi connectivity index (χ3v) is 2.55. The zero-order chi connectivity index (χ0) is 12.1. The fourth-order valence-corrected chi connectivity index (χ4v) is 1.65.